The lowest BCUT2D eigenvalue weighted by Gasteiger charge is -2.36. The Labute approximate surface area is 202 Å². The van der Waals surface area contributed by atoms with Crippen LogP contribution in [0.2, 0.25) is 0 Å². The molecule has 0 spiro atoms. The van der Waals surface area contributed by atoms with Crippen molar-refractivity contribution in [2.45, 2.75) is 25.5 Å². The van der Waals surface area contributed by atoms with Crippen molar-refractivity contribution in [3.05, 3.63) is 53.1 Å². The van der Waals surface area contributed by atoms with Crippen molar-refractivity contribution in [3.63, 3.8) is 0 Å². The molecule has 35 heavy (non-hydrogen) atoms. The summed E-state index contributed by atoms with van der Waals surface area (Å²) in [6.45, 7) is -2.61. The fourth-order valence-electron chi connectivity index (χ4n) is 4.00. The number of halogens is 2. The van der Waals surface area contributed by atoms with Crippen molar-refractivity contribution < 1.29 is 42.1 Å². The maximum absolute atomic E-state index is 13.2. The molecule has 188 valence electrons. The molecule has 2 aromatic carbocycles. The average Bonchev–Trinajstić information content (AvgIpc) is 2.86. The van der Waals surface area contributed by atoms with Gasteiger partial charge < -0.3 is 28.6 Å². The van der Waals surface area contributed by atoms with Gasteiger partial charge in [-0.25, -0.2) is 0 Å². The quantitative estimate of drug-likeness (QED) is 0.387. The zero-order valence-electron chi connectivity index (χ0n) is 19.9. The molecule has 1 atom stereocenters. The highest BCUT2D eigenvalue weighted by molar-refractivity contribution is 5.92. The number of benzene rings is 2. The molecule has 0 saturated carbocycles. The van der Waals surface area contributed by atoms with Crippen molar-refractivity contribution in [3.8, 4) is 23.0 Å². The standard InChI is InChI=1S/C25H27F2NO7/c1-31-20-11-15(5-7-19(20)35-25(26)27)6-8-23(29)28-10-9-16-12-21(32-2)22(33-3)13-17(16)18(28)14-24(30)34-4/h5-8,11-13,18,25H,9-10,14H2,1-4H3/b8-6+. The first-order chi connectivity index (χ1) is 16.8. The number of carbonyl (C=O) groups is 2. The Hall–Kier alpha value is -3.82. The number of hydrogen-bond acceptors (Lipinski definition) is 7. The topological polar surface area (TPSA) is 83.5 Å². The summed E-state index contributed by atoms with van der Waals surface area (Å²) in [5.74, 6) is 0.266. The largest absolute Gasteiger partial charge is 0.493 e. The van der Waals surface area contributed by atoms with Crippen LogP contribution in [0.4, 0.5) is 8.78 Å². The van der Waals surface area contributed by atoms with Crippen LogP contribution in [-0.2, 0) is 20.7 Å². The SMILES string of the molecule is COC(=O)CC1c2cc(OC)c(OC)cc2CCN1C(=O)/C=C/c1ccc(OC(F)F)c(OC)c1. The van der Waals surface area contributed by atoms with Crippen molar-refractivity contribution in [2.24, 2.45) is 0 Å². The van der Waals surface area contributed by atoms with Crippen LogP contribution < -0.4 is 18.9 Å². The number of esters is 1. The molecule has 0 radical (unpaired) electrons. The number of amides is 1. The average molecular weight is 491 g/mol. The van der Waals surface area contributed by atoms with Crippen LogP contribution in [0, 0.1) is 0 Å². The molecule has 1 heterocycles. The van der Waals surface area contributed by atoms with Crippen LogP contribution >= 0.6 is 0 Å². The van der Waals surface area contributed by atoms with Gasteiger partial charge in [-0.3, -0.25) is 9.59 Å². The van der Waals surface area contributed by atoms with Crippen LogP contribution in [-0.4, -0.2) is 58.4 Å². The van der Waals surface area contributed by atoms with E-state index in [1.807, 2.05) is 6.07 Å². The number of ether oxygens (including phenoxy) is 5. The van der Waals surface area contributed by atoms with Gasteiger partial charge in [-0.15, -0.1) is 0 Å². The first-order valence-electron chi connectivity index (χ1n) is 10.7. The summed E-state index contributed by atoms with van der Waals surface area (Å²) in [5.41, 5.74) is 2.27. The number of carbonyl (C=O) groups excluding carboxylic acids is 2. The van der Waals surface area contributed by atoms with E-state index in [1.54, 1.807) is 18.1 Å². The molecule has 3 rings (SSSR count). The highest BCUT2D eigenvalue weighted by atomic mass is 19.3. The van der Waals surface area contributed by atoms with E-state index in [4.69, 9.17) is 18.9 Å². The van der Waals surface area contributed by atoms with Crippen LogP contribution in [0.3, 0.4) is 0 Å². The Morgan fingerprint density at radius 2 is 1.66 bits per heavy atom. The molecule has 0 saturated heterocycles. The third-order valence-corrected chi connectivity index (χ3v) is 5.70. The predicted molar refractivity (Wildman–Crippen MR) is 123 cm³/mol. The van der Waals surface area contributed by atoms with Gasteiger partial charge in [0.2, 0.25) is 5.91 Å². The number of alkyl halides is 2. The van der Waals surface area contributed by atoms with Crippen LogP contribution in [0.5, 0.6) is 23.0 Å². The summed E-state index contributed by atoms with van der Waals surface area (Å²) in [6, 6.07) is 7.41. The summed E-state index contributed by atoms with van der Waals surface area (Å²) < 4.78 is 50.3. The zero-order valence-corrected chi connectivity index (χ0v) is 19.9. The second-order valence-corrected chi connectivity index (χ2v) is 7.61. The first kappa shape index (κ1) is 25.8. The van der Waals surface area contributed by atoms with Gasteiger partial charge in [0.25, 0.3) is 0 Å². The lowest BCUT2D eigenvalue weighted by Crippen LogP contribution is -2.40. The molecule has 0 bridgehead atoms. The van der Waals surface area contributed by atoms with Crippen LogP contribution in [0.15, 0.2) is 36.4 Å². The Kier molecular flexibility index (Phi) is 8.51. The summed E-state index contributed by atoms with van der Waals surface area (Å²) in [7, 11) is 5.68. The maximum Gasteiger partial charge on any atom is 0.387 e. The summed E-state index contributed by atoms with van der Waals surface area (Å²) in [4.78, 5) is 27.0. The number of methoxy groups -OCH3 is 4. The van der Waals surface area contributed by atoms with E-state index in [0.29, 0.717) is 30.0 Å². The molecular formula is C25H27F2NO7. The van der Waals surface area contributed by atoms with E-state index in [1.165, 1.54) is 51.7 Å². The third-order valence-electron chi connectivity index (χ3n) is 5.70. The molecule has 2 aromatic rings. The number of nitrogens with zero attached hydrogens (tertiary/aromatic N) is 1. The fourth-order valence-corrected chi connectivity index (χ4v) is 4.00. The number of hydrogen-bond donors (Lipinski definition) is 0. The van der Waals surface area contributed by atoms with Gasteiger partial charge >= 0.3 is 12.6 Å². The molecule has 0 aromatic heterocycles. The molecule has 0 fully saturated rings. The summed E-state index contributed by atoms with van der Waals surface area (Å²) >= 11 is 0. The molecule has 10 heteroatoms. The molecule has 1 aliphatic heterocycles. The molecule has 1 amide bonds. The van der Waals surface area contributed by atoms with Crippen LogP contribution in [0.25, 0.3) is 6.08 Å². The minimum atomic E-state index is -2.99. The normalized spacial score (nSPS) is 15.1. The third kappa shape index (κ3) is 6.00. The Bertz CT molecular complexity index is 1100. The number of fused-ring (bicyclic) bond motifs is 1. The summed E-state index contributed by atoms with van der Waals surface area (Å²) in [6.07, 6.45) is 3.42. The molecule has 0 aliphatic carbocycles. The van der Waals surface area contributed by atoms with E-state index in [0.717, 1.165) is 11.1 Å². The highest BCUT2D eigenvalue weighted by Crippen LogP contribution is 2.40. The molecule has 1 unspecified atom stereocenters. The van der Waals surface area contributed by atoms with Gasteiger partial charge in [0, 0.05) is 12.6 Å². The van der Waals surface area contributed by atoms with E-state index >= 15 is 0 Å². The van der Waals surface area contributed by atoms with Crippen molar-refractivity contribution in [2.75, 3.05) is 35.0 Å². The lowest BCUT2D eigenvalue weighted by atomic mass is 9.90. The van der Waals surface area contributed by atoms with Gasteiger partial charge in [-0.2, -0.15) is 8.78 Å². The lowest BCUT2D eigenvalue weighted by molar-refractivity contribution is -0.143. The highest BCUT2D eigenvalue weighted by Gasteiger charge is 2.33. The van der Waals surface area contributed by atoms with Crippen LogP contribution in [0.1, 0.15) is 29.2 Å². The molecular weight excluding hydrogens is 464 g/mol. The monoisotopic (exact) mass is 491 g/mol. The zero-order chi connectivity index (χ0) is 25.5. The minimum absolute atomic E-state index is 0.0357. The van der Waals surface area contributed by atoms with Gasteiger partial charge in [0.15, 0.2) is 23.0 Å². The van der Waals surface area contributed by atoms with Gasteiger partial charge in [-0.05, 0) is 53.5 Å². The van der Waals surface area contributed by atoms with Crippen molar-refractivity contribution in [1.29, 1.82) is 0 Å². The van der Waals surface area contributed by atoms with E-state index in [-0.39, 0.29) is 23.8 Å². The first-order valence-corrected chi connectivity index (χ1v) is 10.7. The maximum atomic E-state index is 13.2. The number of rotatable bonds is 9. The van der Waals surface area contributed by atoms with Gasteiger partial charge in [-0.1, -0.05) is 6.07 Å². The summed E-state index contributed by atoms with van der Waals surface area (Å²) in [5, 5.41) is 0. The molecule has 8 nitrogen and oxygen atoms in total. The van der Waals surface area contributed by atoms with E-state index in [2.05, 4.69) is 4.74 Å². The smallest absolute Gasteiger partial charge is 0.387 e. The molecule has 0 N–H and O–H groups in total. The Morgan fingerprint density at radius 3 is 2.29 bits per heavy atom. The van der Waals surface area contributed by atoms with Crippen molar-refractivity contribution in [1.82, 2.24) is 4.90 Å². The fraction of sp³-hybridized carbons (Fsp3) is 0.360. The minimum Gasteiger partial charge on any atom is -0.493 e. The Morgan fingerprint density at radius 1 is 1.00 bits per heavy atom. The Balaban J connectivity index is 1.89. The van der Waals surface area contributed by atoms with E-state index in [9.17, 15) is 18.4 Å². The van der Waals surface area contributed by atoms with E-state index < -0.39 is 18.6 Å². The van der Waals surface area contributed by atoms with Gasteiger partial charge in [0.1, 0.15) is 0 Å². The second kappa shape index (κ2) is 11.5. The second-order valence-electron chi connectivity index (χ2n) is 7.61. The predicted octanol–water partition coefficient (Wildman–Crippen LogP) is 4.02. The van der Waals surface area contributed by atoms with Gasteiger partial charge in [0.05, 0.1) is 40.9 Å². The molecule has 1 aliphatic rings. The van der Waals surface area contributed by atoms with Crippen molar-refractivity contribution >= 4 is 18.0 Å².